The Morgan fingerprint density at radius 1 is 1.11 bits per heavy atom. The molecular weight excluding hydrogens is 466 g/mol. The van der Waals surface area contributed by atoms with Gasteiger partial charge in [0.2, 0.25) is 5.91 Å². The van der Waals surface area contributed by atoms with Gasteiger partial charge in [-0.05, 0) is 76.2 Å². The number of nitrogens with zero attached hydrogens (tertiary/aromatic N) is 4. The zero-order chi connectivity index (χ0) is 26.0. The number of nitrogens with one attached hydrogen (secondary N) is 1. The third-order valence-electron chi connectivity index (χ3n) is 8.98. The summed E-state index contributed by atoms with van der Waals surface area (Å²) in [6, 6.07) is 14.3. The Bertz CT molecular complexity index is 1110. The third-order valence-corrected chi connectivity index (χ3v) is 8.98. The van der Waals surface area contributed by atoms with Crippen LogP contribution in [0.5, 0.6) is 5.75 Å². The van der Waals surface area contributed by atoms with Gasteiger partial charge < -0.3 is 19.9 Å². The summed E-state index contributed by atoms with van der Waals surface area (Å²) in [6.45, 7) is 1.40. The van der Waals surface area contributed by atoms with Crippen LogP contribution in [0.4, 0.5) is 10.6 Å². The van der Waals surface area contributed by atoms with Crippen LogP contribution in [0.2, 0.25) is 0 Å². The molecule has 2 heterocycles. The third kappa shape index (κ3) is 4.79. The monoisotopic (exact) mass is 505 g/mol. The SMILES string of the molecule is COc1cccnc1NC(=O)CN1C[C@]2(CC[C@](c3ccccc3)(N(C)C)CC2)N(CC2CCC2)C1=O. The molecule has 2 aliphatic carbocycles. The van der Waals surface area contributed by atoms with E-state index in [9.17, 15) is 9.59 Å². The van der Waals surface area contributed by atoms with Crippen molar-refractivity contribution in [3.63, 3.8) is 0 Å². The Morgan fingerprint density at radius 2 is 1.84 bits per heavy atom. The van der Waals surface area contributed by atoms with Crippen LogP contribution in [0, 0.1) is 5.92 Å². The Hall–Kier alpha value is -3.13. The lowest BCUT2D eigenvalue weighted by molar-refractivity contribution is -0.116. The van der Waals surface area contributed by atoms with Crippen LogP contribution in [-0.4, -0.2) is 78.0 Å². The lowest BCUT2D eigenvalue weighted by atomic mass is 9.68. The number of methoxy groups -OCH3 is 1. The largest absolute Gasteiger partial charge is 0.493 e. The number of amides is 3. The summed E-state index contributed by atoms with van der Waals surface area (Å²) in [4.78, 5) is 37.2. The van der Waals surface area contributed by atoms with Crippen molar-refractivity contribution in [2.75, 3.05) is 46.2 Å². The van der Waals surface area contributed by atoms with Crippen molar-refractivity contribution in [1.29, 1.82) is 0 Å². The van der Waals surface area contributed by atoms with Gasteiger partial charge in [-0.1, -0.05) is 36.8 Å². The van der Waals surface area contributed by atoms with Crippen molar-refractivity contribution in [3.05, 3.63) is 54.2 Å². The molecule has 3 fully saturated rings. The summed E-state index contributed by atoms with van der Waals surface area (Å²) in [6.07, 6.45) is 9.02. The van der Waals surface area contributed by atoms with Crippen LogP contribution < -0.4 is 10.1 Å². The van der Waals surface area contributed by atoms with Gasteiger partial charge in [-0.3, -0.25) is 9.69 Å². The Balaban J connectivity index is 1.34. The lowest BCUT2D eigenvalue weighted by Crippen LogP contribution is -2.56. The van der Waals surface area contributed by atoms with Crippen LogP contribution in [0.1, 0.15) is 50.5 Å². The van der Waals surface area contributed by atoms with Gasteiger partial charge in [0.15, 0.2) is 11.6 Å². The number of hydrogen-bond acceptors (Lipinski definition) is 5. The van der Waals surface area contributed by atoms with Crippen molar-refractivity contribution >= 4 is 17.8 Å². The number of urea groups is 1. The normalized spacial score (nSPS) is 26.0. The van der Waals surface area contributed by atoms with Gasteiger partial charge in [0.1, 0.15) is 6.54 Å². The maximum Gasteiger partial charge on any atom is 0.321 e. The molecule has 1 saturated heterocycles. The van der Waals surface area contributed by atoms with Gasteiger partial charge in [-0.15, -0.1) is 0 Å². The van der Waals surface area contributed by atoms with E-state index in [1.807, 2.05) is 0 Å². The van der Waals surface area contributed by atoms with E-state index in [1.165, 1.54) is 24.8 Å². The van der Waals surface area contributed by atoms with Crippen LogP contribution in [0.25, 0.3) is 0 Å². The van der Waals surface area contributed by atoms with E-state index in [4.69, 9.17) is 4.74 Å². The number of carbonyl (C=O) groups is 2. The molecule has 1 N–H and O–H groups in total. The average molecular weight is 506 g/mol. The molecule has 0 radical (unpaired) electrons. The van der Waals surface area contributed by atoms with Crippen LogP contribution in [-0.2, 0) is 10.3 Å². The molecule has 1 spiro atoms. The van der Waals surface area contributed by atoms with E-state index in [-0.39, 0.29) is 29.6 Å². The van der Waals surface area contributed by atoms with E-state index in [2.05, 4.69) is 64.5 Å². The van der Waals surface area contributed by atoms with Gasteiger partial charge in [0.25, 0.3) is 0 Å². The highest BCUT2D eigenvalue weighted by atomic mass is 16.5. The first-order valence-corrected chi connectivity index (χ1v) is 13.5. The molecule has 0 unspecified atom stereocenters. The minimum atomic E-state index is -0.256. The summed E-state index contributed by atoms with van der Waals surface area (Å²) in [5.41, 5.74) is 1.06. The molecule has 8 nitrogen and oxygen atoms in total. The smallest absolute Gasteiger partial charge is 0.321 e. The summed E-state index contributed by atoms with van der Waals surface area (Å²) in [5, 5.41) is 2.83. The lowest BCUT2D eigenvalue weighted by Gasteiger charge is -2.51. The second kappa shape index (κ2) is 10.3. The fourth-order valence-corrected chi connectivity index (χ4v) is 6.50. The van der Waals surface area contributed by atoms with Crippen molar-refractivity contribution in [2.45, 2.75) is 56.0 Å². The van der Waals surface area contributed by atoms with E-state index >= 15 is 0 Å². The van der Waals surface area contributed by atoms with Crippen molar-refractivity contribution in [3.8, 4) is 5.75 Å². The van der Waals surface area contributed by atoms with Crippen molar-refractivity contribution < 1.29 is 14.3 Å². The number of rotatable bonds is 8. The van der Waals surface area contributed by atoms with Gasteiger partial charge in [-0.25, -0.2) is 9.78 Å². The molecule has 2 saturated carbocycles. The molecule has 8 heteroatoms. The van der Waals surface area contributed by atoms with Gasteiger partial charge in [-0.2, -0.15) is 0 Å². The predicted octanol–water partition coefficient (Wildman–Crippen LogP) is 4.34. The molecule has 1 aromatic carbocycles. The molecule has 0 bridgehead atoms. The quantitative estimate of drug-likeness (QED) is 0.578. The van der Waals surface area contributed by atoms with Crippen LogP contribution in [0.15, 0.2) is 48.7 Å². The second-order valence-electron chi connectivity index (χ2n) is 11.2. The number of ether oxygens (including phenoxy) is 1. The summed E-state index contributed by atoms with van der Waals surface area (Å²) >= 11 is 0. The van der Waals surface area contributed by atoms with Crippen molar-refractivity contribution in [2.24, 2.45) is 5.92 Å². The number of hydrogen-bond donors (Lipinski definition) is 1. The summed E-state index contributed by atoms with van der Waals surface area (Å²) in [7, 11) is 5.88. The number of benzene rings is 1. The van der Waals surface area contributed by atoms with Crippen LogP contribution >= 0.6 is 0 Å². The van der Waals surface area contributed by atoms with Gasteiger partial charge in [0, 0.05) is 24.8 Å². The van der Waals surface area contributed by atoms with Crippen LogP contribution in [0.3, 0.4) is 0 Å². The standard InChI is InChI=1S/C29H39N5O3/c1-32(2)29(23-11-5-4-6-12-23)16-14-28(15-17-29)21-33(27(36)34(28)19-22-9-7-10-22)20-25(35)31-26-24(37-3)13-8-18-30-26/h4-6,8,11-13,18,22H,7,9-10,14-17,19-21H2,1-3H3,(H,30,31,35)/t28-,29+. The molecule has 3 amide bonds. The first kappa shape index (κ1) is 25.5. The highest BCUT2D eigenvalue weighted by Crippen LogP contribution is 2.49. The number of aromatic nitrogens is 1. The van der Waals surface area contributed by atoms with E-state index in [1.54, 1.807) is 30.3 Å². The van der Waals surface area contributed by atoms with Gasteiger partial charge in [0.05, 0.1) is 12.6 Å². The maximum absolute atomic E-state index is 13.8. The predicted molar refractivity (Wildman–Crippen MR) is 143 cm³/mol. The van der Waals surface area contributed by atoms with Crippen molar-refractivity contribution in [1.82, 2.24) is 19.7 Å². The molecule has 37 heavy (non-hydrogen) atoms. The Kier molecular flexibility index (Phi) is 7.12. The molecule has 2 aromatic rings. The second-order valence-corrected chi connectivity index (χ2v) is 11.2. The molecule has 0 atom stereocenters. The maximum atomic E-state index is 13.8. The highest BCUT2D eigenvalue weighted by Gasteiger charge is 2.55. The summed E-state index contributed by atoms with van der Waals surface area (Å²) in [5.74, 6) is 1.19. The van der Waals surface area contributed by atoms with E-state index < -0.39 is 0 Å². The summed E-state index contributed by atoms with van der Waals surface area (Å²) < 4.78 is 5.31. The van der Waals surface area contributed by atoms with Gasteiger partial charge >= 0.3 is 6.03 Å². The fraction of sp³-hybridized carbons (Fsp3) is 0.552. The van der Waals surface area contributed by atoms with E-state index in [0.717, 1.165) is 32.2 Å². The molecular formula is C29H39N5O3. The molecule has 198 valence electrons. The molecule has 1 aromatic heterocycles. The Morgan fingerprint density at radius 3 is 2.46 bits per heavy atom. The molecule has 3 aliphatic rings. The molecule has 1 aliphatic heterocycles. The Labute approximate surface area is 220 Å². The average Bonchev–Trinajstić information content (AvgIpc) is 3.12. The molecule has 5 rings (SSSR count). The first-order valence-electron chi connectivity index (χ1n) is 13.5. The first-order chi connectivity index (χ1) is 17.9. The number of carbonyl (C=O) groups excluding carboxylic acids is 2. The minimum Gasteiger partial charge on any atom is -0.493 e. The minimum absolute atomic E-state index is 0.00731. The zero-order valence-electron chi connectivity index (χ0n) is 22.3. The fourth-order valence-electron chi connectivity index (χ4n) is 6.50. The van der Waals surface area contributed by atoms with E-state index in [0.29, 0.717) is 24.0 Å². The number of pyridine rings is 1. The topological polar surface area (TPSA) is 78.0 Å². The zero-order valence-corrected chi connectivity index (χ0v) is 22.3. The highest BCUT2D eigenvalue weighted by molar-refractivity contribution is 5.95. The number of anilines is 1.